The Balaban J connectivity index is 2.10. The summed E-state index contributed by atoms with van der Waals surface area (Å²) in [5.74, 6) is 2.88. The first kappa shape index (κ1) is 15.5. The molecule has 112 valence electrons. The molecule has 0 N–H and O–H groups in total. The van der Waals surface area contributed by atoms with Crippen molar-refractivity contribution in [1.29, 1.82) is 0 Å². The van der Waals surface area contributed by atoms with Crippen LogP contribution in [0.2, 0.25) is 0 Å². The van der Waals surface area contributed by atoms with Gasteiger partial charge in [0.25, 0.3) is 0 Å². The molecule has 2 rings (SSSR count). The predicted molar refractivity (Wildman–Crippen MR) is 84.6 cm³/mol. The first-order valence-corrected chi connectivity index (χ1v) is 7.14. The molecule has 0 aromatic heterocycles. The highest BCUT2D eigenvalue weighted by atomic mass is 79.9. The van der Waals surface area contributed by atoms with Crippen molar-refractivity contribution in [1.82, 2.24) is 0 Å². The van der Waals surface area contributed by atoms with E-state index in [0.717, 1.165) is 15.8 Å². The van der Waals surface area contributed by atoms with E-state index in [9.17, 15) is 0 Å². The van der Waals surface area contributed by atoms with Crippen molar-refractivity contribution in [2.75, 3.05) is 21.3 Å². The largest absolute Gasteiger partial charge is 0.496 e. The lowest BCUT2D eigenvalue weighted by Crippen LogP contribution is -1.97. The van der Waals surface area contributed by atoms with Crippen LogP contribution in [0.3, 0.4) is 0 Å². The molecule has 0 heterocycles. The molecule has 0 saturated carbocycles. The zero-order valence-electron chi connectivity index (χ0n) is 12.2. The number of methoxy groups -OCH3 is 3. The van der Waals surface area contributed by atoms with Crippen molar-refractivity contribution >= 4 is 15.9 Å². The van der Waals surface area contributed by atoms with Gasteiger partial charge in [-0.25, -0.2) is 0 Å². The lowest BCUT2D eigenvalue weighted by atomic mass is 10.2. The number of ether oxygens (including phenoxy) is 4. The predicted octanol–water partition coefficient (Wildman–Crippen LogP) is 4.05. The fourth-order valence-electron chi connectivity index (χ4n) is 1.83. The van der Waals surface area contributed by atoms with E-state index in [0.29, 0.717) is 23.9 Å². The Labute approximate surface area is 132 Å². The molecule has 0 spiro atoms. The monoisotopic (exact) mass is 352 g/mol. The summed E-state index contributed by atoms with van der Waals surface area (Å²) in [4.78, 5) is 0. The maximum atomic E-state index is 5.78. The molecule has 2 aromatic rings. The molecule has 0 radical (unpaired) electrons. The third-order valence-electron chi connectivity index (χ3n) is 2.95. The van der Waals surface area contributed by atoms with E-state index in [1.165, 1.54) is 0 Å². The minimum absolute atomic E-state index is 0.443. The Hall–Kier alpha value is -1.88. The minimum Gasteiger partial charge on any atom is -0.496 e. The number of hydrogen-bond acceptors (Lipinski definition) is 4. The van der Waals surface area contributed by atoms with Gasteiger partial charge in [0.15, 0.2) is 0 Å². The molecule has 0 atom stereocenters. The summed E-state index contributed by atoms with van der Waals surface area (Å²) in [5, 5.41) is 0. The Morgan fingerprint density at radius 1 is 0.810 bits per heavy atom. The normalized spacial score (nSPS) is 10.1. The van der Waals surface area contributed by atoms with Crippen LogP contribution in [0, 0.1) is 0 Å². The van der Waals surface area contributed by atoms with Crippen molar-refractivity contribution in [3.63, 3.8) is 0 Å². The molecule has 0 bridgehead atoms. The molecule has 0 aliphatic heterocycles. The van der Waals surface area contributed by atoms with E-state index >= 15 is 0 Å². The van der Waals surface area contributed by atoms with Gasteiger partial charge < -0.3 is 18.9 Å². The molecule has 0 aliphatic carbocycles. The molecule has 0 aliphatic rings. The van der Waals surface area contributed by atoms with Crippen LogP contribution >= 0.6 is 15.9 Å². The van der Waals surface area contributed by atoms with Gasteiger partial charge in [0.1, 0.15) is 29.6 Å². The molecule has 0 fully saturated rings. The van der Waals surface area contributed by atoms with Gasteiger partial charge in [-0.2, -0.15) is 0 Å². The fraction of sp³-hybridized carbons (Fsp3) is 0.250. The number of hydrogen-bond donors (Lipinski definition) is 0. The summed E-state index contributed by atoms with van der Waals surface area (Å²) in [6.45, 7) is 0.443. The zero-order valence-corrected chi connectivity index (χ0v) is 13.8. The molecule has 4 nitrogen and oxygen atoms in total. The lowest BCUT2D eigenvalue weighted by molar-refractivity contribution is 0.300. The van der Waals surface area contributed by atoms with Crippen molar-refractivity contribution in [3.05, 3.63) is 46.4 Å². The molecular weight excluding hydrogens is 336 g/mol. The maximum absolute atomic E-state index is 5.78. The summed E-state index contributed by atoms with van der Waals surface area (Å²) in [6.07, 6.45) is 0. The maximum Gasteiger partial charge on any atom is 0.133 e. The molecule has 2 aromatic carbocycles. The van der Waals surface area contributed by atoms with Crippen LogP contribution in [0.4, 0.5) is 0 Å². The average molecular weight is 353 g/mol. The third kappa shape index (κ3) is 4.04. The highest BCUT2D eigenvalue weighted by Crippen LogP contribution is 2.29. The number of rotatable bonds is 6. The summed E-state index contributed by atoms with van der Waals surface area (Å²) < 4.78 is 22.3. The van der Waals surface area contributed by atoms with Crippen molar-refractivity contribution in [2.24, 2.45) is 0 Å². The van der Waals surface area contributed by atoms with Crippen LogP contribution in [-0.2, 0) is 6.61 Å². The van der Waals surface area contributed by atoms with Gasteiger partial charge in [-0.3, -0.25) is 0 Å². The van der Waals surface area contributed by atoms with E-state index in [1.807, 2.05) is 30.3 Å². The second kappa shape index (κ2) is 7.22. The van der Waals surface area contributed by atoms with E-state index in [4.69, 9.17) is 18.9 Å². The van der Waals surface area contributed by atoms with Gasteiger partial charge in [0.05, 0.1) is 25.8 Å². The van der Waals surface area contributed by atoms with Gasteiger partial charge in [0, 0.05) is 18.2 Å². The van der Waals surface area contributed by atoms with Gasteiger partial charge in [-0.1, -0.05) is 6.07 Å². The topological polar surface area (TPSA) is 36.9 Å². The van der Waals surface area contributed by atoms with Crippen LogP contribution in [-0.4, -0.2) is 21.3 Å². The second-order valence-electron chi connectivity index (χ2n) is 4.31. The molecule has 0 amide bonds. The second-order valence-corrected chi connectivity index (χ2v) is 5.16. The van der Waals surface area contributed by atoms with E-state index in [2.05, 4.69) is 15.9 Å². The smallest absolute Gasteiger partial charge is 0.133 e. The summed E-state index contributed by atoms with van der Waals surface area (Å²) >= 11 is 3.46. The van der Waals surface area contributed by atoms with Crippen LogP contribution in [0.25, 0.3) is 0 Å². The molecule has 21 heavy (non-hydrogen) atoms. The Morgan fingerprint density at radius 3 is 1.95 bits per heavy atom. The van der Waals surface area contributed by atoms with Crippen LogP contribution in [0.5, 0.6) is 23.0 Å². The number of benzene rings is 2. The van der Waals surface area contributed by atoms with Gasteiger partial charge >= 0.3 is 0 Å². The van der Waals surface area contributed by atoms with E-state index in [-0.39, 0.29) is 0 Å². The summed E-state index contributed by atoms with van der Waals surface area (Å²) in [6, 6.07) is 11.3. The third-order valence-corrected chi connectivity index (χ3v) is 3.57. The number of halogens is 1. The molecule has 0 unspecified atom stereocenters. The van der Waals surface area contributed by atoms with Crippen molar-refractivity contribution in [2.45, 2.75) is 6.61 Å². The summed E-state index contributed by atoms with van der Waals surface area (Å²) in [5.41, 5.74) is 1.03. The van der Waals surface area contributed by atoms with Gasteiger partial charge in [0.2, 0.25) is 0 Å². The first-order chi connectivity index (χ1) is 10.2. The van der Waals surface area contributed by atoms with Gasteiger partial charge in [-0.15, -0.1) is 0 Å². The average Bonchev–Trinajstić information content (AvgIpc) is 2.52. The lowest BCUT2D eigenvalue weighted by Gasteiger charge is -2.11. The Bertz CT molecular complexity index is 591. The zero-order chi connectivity index (χ0) is 15.2. The quantitative estimate of drug-likeness (QED) is 0.785. The van der Waals surface area contributed by atoms with Crippen molar-refractivity contribution < 1.29 is 18.9 Å². The molecular formula is C16H17BrO4. The fourth-order valence-corrected chi connectivity index (χ4v) is 2.42. The van der Waals surface area contributed by atoms with E-state index < -0.39 is 0 Å². The van der Waals surface area contributed by atoms with Crippen LogP contribution < -0.4 is 18.9 Å². The Kier molecular flexibility index (Phi) is 5.33. The molecule has 0 saturated heterocycles. The Morgan fingerprint density at radius 2 is 1.43 bits per heavy atom. The highest BCUT2D eigenvalue weighted by molar-refractivity contribution is 9.10. The van der Waals surface area contributed by atoms with Crippen LogP contribution in [0.1, 0.15) is 5.56 Å². The van der Waals surface area contributed by atoms with Gasteiger partial charge in [-0.05, 0) is 33.6 Å². The van der Waals surface area contributed by atoms with Crippen molar-refractivity contribution in [3.8, 4) is 23.0 Å². The van der Waals surface area contributed by atoms with Crippen LogP contribution in [0.15, 0.2) is 40.9 Å². The SMILES string of the molecule is COc1cc(OC)cc(OCc2ccc(OC)c(Br)c2)c1. The van der Waals surface area contributed by atoms with E-state index in [1.54, 1.807) is 27.4 Å². The standard InChI is InChI=1S/C16H17BrO4/c1-18-12-7-13(19-2)9-14(8-12)21-10-11-4-5-16(20-3)15(17)6-11/h4-9H,10H2,1-3H3. The molecule has 5 heteroatoms. The summed E-state index contributed by atoms with van der Waals surface area (Å²) in [7, 11) is 4.86. The highest BCUT2D eigenvalue weighted by Gasteiger charge is 2.05. The minimum atomic E-state index is 0.443. The first-order valence-electron chi connectivity index (χ1n) is 6.34.